The Hall–Kier alpha value is -2.47. The summed E-state index contributed by atoms with van der Waals surface area (Å²) in [6.45, 7) is 4.41. The molecule has 0 fully saturated rings. The van der Waals surface area contributed by atoms with Crippen molar-refractivity contribution in [2.75, 3.05) is 0 Å². The largest absolute Gasteiger partial charge is 0.268 e. The molecule has 4 aromatic rings. The fourth-order valence-corrected chi connectivity index (χ4v) is 4.01. The first-order valence-electron chi connectivity index (χ1n) is 9.47. The van der Waals surface area contributed by atoms with Crippen LogP contribution in [0.4, 0.5) is 0 Å². The van der Waals surface area contributed by atoms with Crippen molar-refractivity contribution in [3.8, 4) is 17.1 Å². The fraction of sp³-hybridized carbons (Fsp3) is 0.167. The summed E-state index contributed by atoms with van der Waals surface area (Å²) in [5.74, 6) is 1.17. The predicted molar refractivity (Wildman–Crippen MR) is 124 cm³/mol. The van der Waals surface area contributed by atoms with Crippen LogP contribution in [0.3, 0.4) is 0 Å². The summed E-state index contributed by atoms with van der Waals surface area (Å²) in [5, 5.41) is 0.628. The molecule has 1 aromatic heterocycles. The minimum absolute atomic E-state index is 0.0449. The number of nitrogens with zero attached hydrogens (tertiary/aromatic N) is 2. The van der Waals surface area contributed by atoms with E-state index in [4.69, 9.17) is 4.98 Å². The van der Waals surface area contributed by atoms with Crippen molar-refractivity contribution in [1.82, 2.24) is 9.55 Å². The first-order valence-corrected chi connectivity index (χ1v) is 10.5. The Morgan fingerprint density at radius 1 is 0.964 bits per heavy atom. The Kier molecular flexibility index (Phi) is 5.31. The van der Waals surface area contributed by atoms with Gasteiger partial charge in [-0.05, 0) is 70.8 Å². The van der Waals surface area contributed by atoms with E-state index in [-0.39, 0.29) is 5.56 Å². The van der Waals surface area contributed by atoms with Gasteiger partial charge in [-0.2, -0.15) is 0 Å². The van der Waals surface area contributed by atoms with Crippen molar-refractivity contribution in [3.05, 3.63) is 92.3 Å². The van der Waals surface area contributed by atoms with Crippen molar-refractivity contribution in [3.63, 3.8) is 0 Å². The number of benzene rings is 3. The van der Waals surface area contributed by atoms with Gasteiger partial charge in [-0.3, -0.25) is 9.36 Å². The highest BCUT2D eigenvalue weighted by atomic mass is 127. The monoisotopic (exact) mass is 480 g/mol. The van der Waals surface area contributed by atoms with Crippen molar-refractivity contribution in [2.45, 2.75) is 26.2 Å². The van der Waals surface area contributed by atoms with E-state index in [1.54, 1.807) is 4.57 Å². The van der Waals surface area contributed by atoms with Gasteiger partial charge in [0.15, 0.2) is 0 Å². The molecular formula is C24H21IN2O. The number of rotatable bonds is 4. The van der Waals surface area contributed by atoms with Crippen LogP contribution in [0.2, 0.25) is 0 Å². The lowest BCUT2D eigenvalue weighted by atomic mass is 9.98. The maximum atomic E-state index is 13.4. The average molecular weight is 480 g/mol. The van der Waals surface area contributed by atoms with Crippen molar-refractivity contribution in [1.29, 1.82) is 0 Å². The number of halogens is 1. The van der Waals surface area contributed by atoms with Gasteiger partial charge in [-0.15, -0.1) is 0 Å². The number of para-hydroxylation sites is 1. The summed E-state index contributed by atoms with van der Waals surface area (Å²) in [7, 11) is 0. The molecule has 0 N–H and O–H groups in total. The molecule has 1 atom stereocenters. The molecule has 0 saturated carbocycles. The Morgan fingerprint density at radius 2 is 1.64 bits per heavy atom. The summed E-state index contributed by atoms with van der Waals surface area (Å²) < 4.78 is 2.80. The normalized spacial score (nSPS) is 12.2. The lowest BCUT2D eigenvalue weighted by molar-refractivity contribution is 0.733. The summed E-state index contributed by atoms with van der Waals surface area (Å²) >= 11 is 2.30. The summed E-state index contributed by atoms with van der Waals surface area (Å²) in [5.41, 5.74) is 3.75. The lowest BCUT2D eigenvalue weighted by Gasteiger charge is -2.16. The van der Waals surface area contributed by atoms with Gasteiger partial charge in [0.2, 0.25) is 0 Å². The molecule has 1 heterocycles. The third-order valence-corrected chi connectivity index (χ3v) is 6.16. The Labute approximate surface area is 178 Å². The number of hydrogen-bond acceptors (Lipinski definition) is 2. The SMILES string of the molecule is CCC(C)c1ccc(-n2c(-c3ccccc3I)nc3ccccc3c2=O)cc1. The van der Waals surface area contributed by atoms with E-state index in [0.717, 1.165) is 26.8 Å². The van der Waals surface area contributed by atoms with Crippen LogP contribution in [0.15, 0.2) is 77.6 Å². The molecule has 140 valence electrons. The molecule has 0 bridgehead atoms. The summed E-state index contributed by atoms with van der Waals surface area (Å²) in [6, 6.07) is 23.8. The average Bonchev–Trinajstić information content (AvgIpc) is 2.74. The molecule has 0 saturated heterocycles. The van der Waals surface area contributed by atoms with Gasteiger partial charge in [0.25, 0.3) is 5.56 Å². The van der Waals surface area contributed by atoms with Gasteiger partial charge in [0.05, 0.1) is 16.6 Å². The second kappa shape index (κ2) is 7.87. The van der Waals surface area contributed by atoms with Gasteiger partial charge < -0.3 is 0 Å². The highest BCUT2D eigenvalue weighted by molar-refractivity contribution is 14.1. The smallest absolute Gasteiger partial charge is 0.266 e. The van der Waals surface area contributed by atoms with Gasteiger partial charge in [0.1, 0.15) is 5.82 Å². The minimum Gasteiger partial charge on any atom is -0.268 e. The second-order valence-corrected chi connectivity index (χ2v) is 8.14. The zero-order valence-electron chi connectivity index (χ0n) is 15.9. The molecule has 0 aliphatic carbocycles. The van der Waals surface area contributed by atoms with Crippen molar-refractivity contribution >= 4 is 33.5 Å². The zero-order chi connectivity index (χ0) is 19.7. The lowest BCUT2D eigenvalue weighted by Crippen LogP contribution is -2.22. The van der Waals surface area contributed by atoms with Crippen molar-refractivity contribution < 1.29 is 0 Å². The van der Waals surface area contributed by atoms with E-state index in [9.17, 15) is 4.79 Å². The topological polar surface area (TPSA) is 34.9 Å². The maximum Gasteiger partial charge on any atom is 0.266 e. The third-order valence-electron chi connectivity index (χ3n) is 5.22. The molecular weight excluding hydrogens is 459 g/mol. The molecule has 0 aliphatic rings. The number of aromatic nitrogens is 2. The molecule has 4 rings (SSSR count). The quantitative estimate of drug-likeness (QED) is 0.328. The molecule has 1 unspecified atom stereocenters. The molecule has 0 aliphatic heterocycles. The van der Waals surface area contributed by atoms with Crippen LogP contribution < -0.4 is 5.56 Å². The van der Waals surface area contributed by atoms with Crippen molar-refractivity contribution in [2.24, 2.45) is 0 Å². The van der Waals surface area contributed by atoms with E-state index in [2.05, 4.69) is 48.6 Å². The van der Waals surface area contributed by atoms with Gasteiger partial charge >= 0.3 is 0 Å². The Balaban J connectivity index is 2.01. The van der Waals surface area contributed by atoms with Crippen LogP contribution >= 0.6 is 22.6 Å². The number of hydrogen-bond donors (Lipinski definition) is 0. The Morgan fingerprint density at radius 3 is 2.36 bits per heavy atom. The molecule has 3 nitrogen and oxygen atoms in total. The standard InChI is InChI=1S/C24H21IN2O/c1-3-16(2)17-12-14-18(15-13-17)27-23(19-8-4-6-10-21(19)25)26-22-11-7-5-9-20(22)24(27)28/h4-16H,3H2,1-2H3. The molecule has 0 spiro atoms. The van der Waals surface area contributed by atoms with E-state index < -0.39 is 0 Å². The highest BCUT2D eigenvalue weighted by Crippen LogP contribution is 2.27. The van der Waals surface area contributed by atoms with Crippen LogP contribution in [0.1, 0.15) is 31.7 Å². The predicted octanol–water partition coefficient (Wildman–Crippen LogP) is 6.17. The molecule has 4 heteroatoms. The summed E-state index contributed by atoms with van der Waals surface area (Å²) in [4.78, 5) is 18.3. The van der Waals surface area contributed by atoms with Gasteiger partial charge in [-0.25, -0.2) is 4.98 Å². The highest BCUT2D eigenvalue weighted by Gasteiger charge is 2.16. The van der Waals surface area contributed by atoms with Gasteiger partial charge in [0, 0.05) is 9.13 Å². The first kappa shape index (κ1) is 18.9. The molecule has 3 aromatic carbocycles. The zero-order valence-corrected chi connectivity index (χ0v) is 18.1. The molecule has 0 amide bonds. The summed E-state index contributed by atoms with van der Waals surface area (Å²) in [6.07, 6.45) is 1.09. The first-order chi connectivity index (χ1) is 13.6. The third kappa shape index (κ3) is 3.37. The fourth-order valence-electron chi connectivity index (χ4n) is 3.38. The van der Waals surface area contributed by atoms with Crippen LogP contribution in [0.5, 0.6) is 0 Å². The van der Waals surface area contributed by atoms with Gasteiger partial charge in [-0.1, -0.05) is 56.3 Å². The maximum absolute atomic E-state index is 13.4. The number of fused-ring (bicyclic) bond motifs is 1. The van der Waals surface area contributed by atoms with Crippen LogP contribution in [-0.4, -0.2) is 9.55 Å². The van der Waals surface area contributed by atoms with E-state index in [0.29, 0.717) is 17.1 Å². The molecule has 0 radical (unpaired) electrons. The molecule has 28 heavy (non-hydrogen) atoms. The van der Waals surface area contributed by atoms with E-state index >= 15 is 0 Å². The van der Waals surface area contributed by atoms with Crippen LogP contribution in [0, 0.1) is 3.57 Å². The van der Waals surface area contributed by atoms with E-state index in [1.807, 2.05) is 60.7 Å². The van der Waals surface area contributed by atoms with E-state index in [1.165, 1.54) is 5.56 Å². The van der Waals surface area contributed by atoms with Crippen LogP contribution in [0.25, 0.3) is 28.0 Å². The Bertz CT molecular complexity index is 1200. The second-order valence-electron chi connectivity index (χ2n) is 6.97. The van der Waals surface area contributed by atoms with Crippen LogP contribution in [-0.2, 0) is 0 Å². The minimum atomic E-state index is -0.0449.